The van der Waals surface area contributed by atoms with Gasteiger partial charge in [0.1, 0.15) is 0 Å². The molecule has 1 fully saturated rings. The molecule has 0 aliphatic carbocycles. The van der Waals surface area contributed by atoms with E-state index in [-0.39, 0.29) is 18.1 Å². The van der Waals surface area contributed by atoms with Gasteiger partial charge >= 0.3 is 0 Å². The Bertz CT molecular complexity index is 394. The van der Waals surface area contributed by atoms with Crippen molar-refractivity contribution in [2.24, 2.45) is 5.73 Å². The van der Waals surface area contributed by atoms with E-state index in [0.29, 0.717) is 26.1 Å². The summed E-state index contributed by atoms with van der Waals surface area (Å²) in [7, 11) is 0. The van der Waals surface area contributed by atoms with Crippen LogP contribution in [0.2, 0.25) is 0 Å². The highest BCUT2D eigenvalue weighted by Crippen LogP contribution is 2.10. The minimum Gasteiger partial charge on any atom is -0.373 e. The number of hydrogen-bond donors (Lipinski definition) is 1. The van der Waals surface area contributed by atoms with Gasteiger partial charge < -0.3 is 15.4 Å². The number of carbonyl (C=O) groups is 1. The van der Waals surface area contributed by atoms with Gasteiger partial charge in [-0.05, 0) is 24.6 Å². The van der Waals surface area contributed by atoms with Gasteiger partial charge in [0.2, 0.25) is 5.91 Å². The van der Waals surface area contributed by atoms with Crippen molar-refractivity contribution in [3.63, 3.8) is 0 Å². The average Bonchev–Trinajstić information content (AvgIpc) is 2.40. The van der Waals surface area contributed by atoms with Crippen LogP contribution in [0.3, 0.4) is 0 Å². The lowest BCUT2D eigenvalue weighted by molar-refractivity contribution is -0.138. The first kappa shape index (κ1) is 13.0. The Kier molecular flexibility index (Phi) is 4.28. The molecule has 0 bridgehead atoms. The van der Waals surface area contributed by atoms with Crippen LogP contribution in [0.5, 0.6) is 0 Å². The van der Waals surface area contributed by atoms with Crippen LogP contribution in [-0.4, -0.2) is 47.6 Å². The molecule has 1 saturated heterocycles. The van der Waals surface area contributed by atoms with Gasteiger partial charge in [-0.1, -0.05) is 0 Å². The number of carbonyl (C=O) groups excluding carboxylic acids is 1. The number of hydrogen-bond acceptors (Lipinski definition) is 4. The summed E-state index contributed by atoms with van der Waals surface area (Å²) < 4.78 is 5.54. The first-order valence-electron chi connectivity index (χ1n) is 6.20. The molecule has 5 nitrogen and oxygen atoms in total. The van der Waals surface area contributed by atoms with Crippen molar-refractivity contribution in [1.29, 1.82) is 0 Å². The van der Waals surface area contributed by atoms with Crippen molar-refractivity contribution >= 4 is 5.91 Å². The second kappa shape index (κ2) is 5.93. The molecule has 1 amide bonds. The van der Waals surface area contributed by atoms with Crippen LogP contribution < -0.4 is 5.73 Å². The third-order valence-electron chi connectivity index (χ3n) is 3.14. The fourth-order valence-corrected chi connectivity index (χ4v) is 2.01. The highest BCUT2D eigenvalue weighted by Gasteiger charge is 2.26. The Morgan fingerprint density at radius 2 is 2.33 bits per heavy atom. The number of nitrogens with zero attached hydrogens (tertiary/aromatic N) is 2. The fraction of sp³-hybridized carbons (Fsp3) is 0.538. The molecule has 2 N–H and O–H groups in total. The van der Waals surface area contributed by atoms with Gasteiger partial charge in [0.15, 0.2) is 0 Å². The van der Waals surface area contributed by atoms with Crippen LogP contribution in [0.25, 0.3) is 0 Å². The summed E-state index contributed by atoms with van der Waals surface area (Å²) in [5.41, 5.74) is 6.80. The summed E-state index contributed by atoms with van der Waals surface area (Å²) in [6.45, 7) is 3.70. The number of rotatable bonds is 3. The maximum absolute atomic E-state index is 12.1. The maximum atomic E-state index is 12.1. The van der Waals surface area contributed by atoms with Crippen molar-refractivity contribution in [2.75, 3.05) is 19.7 Å². The maximum Gasteiger partial charge on any atom is 0.227 e. The number of ether oxygens (including phenoxy) is 1. The molecule has 0 radical (unpaired) electrons. The van der Waals surface area contributed by atoms with E-state index >= 15 is 0 Å². The van der Waals surface area contributed by atoms with Gasteiger partial charge in [-0.25, -0.2) is 0 Å². The quantitative estimate of drug-likeness (QED) is 0.831. The van der Waals surface area contributed by atoms with Gasteiger partial charge in [-0.2, -0.15) is 0 Å². The summed E-state index contributed by atoms with van der Waals surface area (Å²) in [6.07, 6.45) is 3.76. The molecule has 0 aromatic carbocycles. The topological polar surface area (TPSA) is 68.5 Å². The first-order chi connectivity index (χ1) is 8.66. The predicted octanol–water partition coefficient (Wildman–Crippen LogP) is 0.199. The Labute approximate surface area is 107 Å². The summed E-state index contributed by atoms with van der Waals surface area (Å²) in [5, 5.41) is 0. The molecular formula is C13H19N3O2. The Morgan fingerprint density at radius 3 is 3.00 bits per heavy atom. The normalized spacial score (nSPS) is 21.7. The molecule has 18 heavy (non-hydrogen) atoms. The molecule has 1 aliphatic rings. The van der Waals surface area contributed by atoms with Gasteiger partial charge in [-0.15, -0.1) is 0 Å². The number of aromatic nitrogens is 1. The number of morpholine rings is 1. The molecule has 98 valence electrons. The summed E-state index contributed by atoms with van der Waals surface area (Å²) >= 11 is 0. The van der Waals surface area contributed by atoms with E-state index in [1.165, 1.54) is 0 Å². The van der Waals surface area contributed by atoms with Crippen LogP contribution in [0, 0.1) is 0 Å². The van der Waals surface area contributed by atoms with Crippen LogP contribution in [0.15, 0.2) is 24.5 Å². The molecule has 1 aromatic heterocycles. The number of amides is 1. The van der Waals surface area contributed by atoms with E-state index in [0.717, 1.165) is 5.56 Å². The zero-order valence-corrected chi connectivity index (χ0v) is 10.6. The smallest absolute Gasteiger partial charge is 0.227 e. The van der Waals surface area contributed by atoms with E-state index in [1.807, 2.05) is 24.0 Å². The molecule has 2 rings (SSSR count). The van der Waals surface area contributed by atoms with Gasteiger partial charge in [-0.3, -0.25) is 9.78 Å². The van der Waals surface area contributed by atoms with Crippen molar-refractivity contribution in [3.05, 3.63) is 30.1 Å². The lowest BCUT2D eigenvalue weighted by Crippen LogP contribution is -2.51. The van der Waals surface area contributed by atoms with Crippen molar-refractivity contribution in [3.8, 4) is 0 Å². The van der Waals surface area contributed by atoms with E-state index < -0.39 is 0 Å². The number of nitrogens with two attached hydrogens (primary N) is 1. The Hall–Kier alpha value is -1.46. The molecule has 0 spiro atoms. The van der Waals surface area contributed by atoms with Gasteiger partial charge in [0.05, 0.1) is 19.1 Å². The van der Waals surface area contributed by atoms with Crippen LogP contribution in [0.1, 0.15) is 12.5 Å². The van der Waals surface area contributed by atoms with Crippen LogP contribution >= 0.6 is 0 Å². The minimum atomic E-state index is -0.0554. The second-order valence-corrected chi connectivity index (χ2v) is 4.64. The van der Waals surface area contributed by atoms with E-state index in [2.05, 4.69) is 4.98 Å². The van der Waals surface area contributed by atoms with Crippen LogP contribution in [-0.2, 0) is 16.0 Å². The molecule has 2 unspecified atom stereocenters. The lowest BCUT2D eigenvalue weighted by atomic mass is 10.1. The van der Waals surface area contributed by atoms with Gasteiger partial charge in [0, 0.05) is 31.5 Å². The lowest BCUT2D eigenvalue weighted by Gasteiger charge is -2.34. The van der Waals surface area contributed by atoms with Crippen molar-refractivity contribution < 1.29 is 9.53 Å². The zero-order valence-electron chi connectivity index (χ0n) is 10.6. The Balaban J connectivity index is 1.93. The molecule has 1 aliphatic heterocycles. The highest BCUT2D eigenvalue weighted by atomic mass is 16.5. The molecular weight excluding hydrogens is 230 g/mol. The monoisotopic (exact) mass is 249 g/mol. The predicted molar refractivity (Wildman–Crippen MR) is 67.9 cm³/mol. The zero-order chi connectivity index (χ0) is 13.0. The van der Waals surface area contributed by atoms with E-state index in [4.69, 9.17) is 10.5 Å². The summed E-state index contributed by atoms with van der Waals surface area (Å²) in [6, 6.07) is 3.67. The fourth-order valence-electron chi connectivity index (χ4n) is 2.01. The SMILES string of the molecule is CC(N)C1CN(C(=O)Cc2ccncc2)CCO1. The minimum absolute atomic E-state index is 0.0541. The van der Waals surface area contributed by atoms with Crippen LogP contribution in [0.4, 0.5) is 0 Å². The standard InChI is InChI=1S/C13H19N3O2/c1-10(14)12-9-16(6-7-18-12)13(17)8-11-2-4-15-5-3-11/h2-5,10,12H,6-9,14H2,1H3. The number of pyridine rings is 1. The molecule has 0 saturated carbocycles. The largest absolute Gasteiger partial charge is 0.373 e. The molecule has 2 heterocycles. The molecule has 1 aromatic rings. The van der Waals surface area contributed by atoms with Gasteiger partial charge in [0.25, 0.3) is 0 Å². The summed E-state index contributed by atoms with van der Waals surface area (Å²) in [4.78, 5) is 17.9. The third kappa shape index (κ3) is 3.27. The van der Waals surface area contributed by atoms with Crippen molar-refractivity contribution in [1.82, 2.24) is 9.88 Å². The average molecular weight is 249 g/mol. The second-order valence-electron chi connectivity index (χ2n) is 4.64. The highest BCUT2D eigenvalue weighted by molar-refractivity contribution is 5.78. The third-order valence-corrected chi connectivity index (χ3v) is 3.14. The molecule has 2 atom stereocenters. The van der Waals surface area contributed by atoms with E-state index in [9.17, 15) is 4.79 Å². The Morgan fingerprint density at radius 1 is 1.61 bits per heavy atom. The first-order valence-corrected chi connectivity index (χ1v) is 6.20. The van der Waals surface area contributed by atoms with E-state index in [1.54, 1.807) is 12.4 Å². The van der Waals surface area contributed by atoms with Crippen molar-refractivity contribution in [2.45, 2.75) is 25.5 Å². The molecule has 5 heteroatoms. The summed E-state index contributed by atoms with van der Waals surface area (Å²) in [5.74, 6) is 0.121.